The molecule has 13 heavy (non-hydrogen) atoms. The number of hydrogen-bond acceptors (Lipinski definition) is 2. The standard InChI is InChI=1S/C10H16N2O/c1-3-4-8-5-10(8,13)9-6-12(2)7-11-9/h6-8,13H,3-5H2,1-2H3. The highest BCUT2D eigenvalue weighted by atomic mass is 16.3. The number of aryl methyl sites for hydroxylation is 1. The highest BCUT2D eigenvalue weighted by Crippen LogP contribution is 2.53. The van der Waals surface area contributed by atoms with E-state index >= 15 is 0 Å². The van der Waals surface area contributed by atoms with Gasteiger partial charge < -0.3 is 9.67 Å². The highest BCUT2D eigenvalue weighted by molar-refractivity contribution is 5.20. The quantitative estimate of drug-likeness (QED) is 0.764. The molecule has 1 fully saturated rings. The second-order valence-electron chi connectivity index (χ2n) is 4.04. The average molecular weight is 180 g/mol. The van der Waals surface area contributed by atoms with Gasteiger partial charge in [0.1, 0.15) is 5.60 Å². The van der Waals surface area contributed by atoms with Crippen molar-refractivity contribution in [1.29, 1.82) is 0 Å². The minimum absolute atomic E-state index is 0.437. The van der Waals surface area contributed by atoms with E-state index < -0.39 is 5.60 Å². The van der Waals surface area contributed by atoms with E-state index in [0.29, 0.717) is 5.92 Å². The number of rotatable bonds is 3. The first-order valence-electron chi connectivity index (χ1n) is 4.87. The Labute approximate surface area is 78.4 Å². The number of aliphatic hydroxyl groups is 1. The minimum Gasteiger partial charge on any atom is -0.383 e. The molecule has 0 spiro atoms. The van der Waals surface area contributed by atoms with Crippen molar-refractivity contribution in [2.24, 2.45) is 13.0 Å². The monoisotopic (exact) mass is 180 g/mol. The highest BCUT2D eigenvalue weighted by Gasteiger charge is 2.54. The first-order valence-corrected chi connectivity index (χ1v) is 4.87. The number of aromatic nitrogens is 2. The van der Waals surface area contributed by atoms with Gasteiger partial charge in [-0.1, -0.05) is 13.3 Å². The summed E-state index contributed by atoms with van der Waals surface area (Å²) in [5, 5.41) is 10.1. The third kappa shape index (κ3) is 1.37. The molecule has 0 aromatic carbocycles. The third-order valence-corrected chi connectivity index (χ3v) is 2.86. The van der Waals surface area contributed by atoms with Gasteiger partial charge in [0.15, 0.2) is 0 Å². The summed E-state index contributed by atoms with van der Waals surface area (Å²) in [6, 6.07) is 0. The molecule has 2 atom stereocenters. The second-order valence-corrected chi connectivity index (χ2v) is 4.04. The lowest BCUT2D eigenvalue weighted by Gasteiger charge is -2.05. The van der Waals surface area contributed by atoms with Gasteiger partial charge in [-0.25, -0.2) is 4.98 Å². The molecular weight excluding hydrogens is 164 g/mol. The summed E-state index contributed by atoms with van der Waals surface area (Å²) in [6.45, 7) is 2.15. The molecule has 0 amide bonds. The Hall–Kier alpha value is -0.830. The van der Waals surface area contributed by atoms with Crippen molar-refractivity contribution in [3.8, 4) is 0 Å². The Balaban J connectivity index is 2.11. The molecule has 1 aliphatic rings. The van der Waals surface area contributed by atoms with E-state index in [1.54, 1.807) is 6.33 Å². The Kier molecular flexibility index (Phi) is 1.91. The maximum Gasteiger partial charge on any atom is 0.111 e. The predicted molar refractivity (Wildman–Crippen MR) is 50.1 cm³/mol. The van der Waals surface area contributed by atoms with Gasteiger partial charge in [-0.3, -0.25) is 0 Å². The van der Waals surface area contributed by atoms with Crippen molar-refractivity contribution in [3.63, 3.8) is 0 Å². The molecule has 3 heteroatoms. The predicted octanol–water partition coefficient (Wildman–Crippen LogP) is 1.43. The van der Waals surface area contributed by atoms with Crippen LogP contribution in [0.4, 0.5) is 0 Å². The van der Waals surface area contributed by atoms with Crippen LogP contribution in [0.5, 0.6) is 0 Å². The molecule has 2 unspecified atom stereocenters. The molecule has 2 rings (SSSR count). The largest absolute Gasteiger partial charge is 0.383 e. The molecule has 1 saturated carbocycles. The summed E-state index contributed by atoms with van der Waals surface area (Å²) in [7, 11) is 1.93. The van der Waals surface area contributed by atoms with Gasteiger partial charge in [0, 0.05) is 13.2 Å². The molecule has 0 aliphatic heterocycles. The molecular formula is C10H16N2O. The van der Waals surface area contributed by atoms with Crippen LogP contribution in [0.15, 0.2) is 12.5 Å². The van der Waals surface area contributed by atoms with Crippen molar-refractivity contribution in [2.45, 2.75) is 31.8 Å². The lowest BCUT2D eigenvalue weighted by atomic mass is 10.1. The molecule has 1 heterocycles. The fourth-order valence-corrected chi connectivity index (χ4v) is 1.96. The Morgan fingerprint density at radius 3 is 3.08 bits per heavy atom. The molecule has 0 saturated heterocycles. The fourth-order valence-electron chi connectivity index (χ4n) is 1.96. The zero-order chi connectivity index (χ0) is 9.47. The van der Waals surface area contributed by atoms with E-state index in [4.69, 9.17) is 0 Å². The Bertz CT molecular complexity index is 308. The molecule has 0 radical (unpaired) electrons. The topological polar surface area (TPSA) is 38.0 Å². The molecule has 72 valence electrons. The van der Waals surface area contributed by atoms with Gasteiger partial charge in [0.25, 0.3) is 0 Å². The van der Waals surface area contributed by atoms with E-state index in [2.05, 4.69) is 11.9 Å². The van der Waals surface area contributed by atoms with Crippen LogP contribution in [0.2, 0.25) is 0 Å². The maximum absolute atomic E-state index is 10.1. The summed E-state index contributed by atoms with van der Waals surface area (Å²) in [5.74, 6) is 0.437. The first-order chi connectivity index (χ1) is 6.16. The van der Waals surface area contributed by atoms with Crippen LogP contribution in [0, 0.1) is 5.92 Å². The van der Waals surface area contributed by atoms with Crippen LogP contribution in [0.3, 0.4) is 0 Å². The summed E-state index contributed by atoms with van der Waals surface area (Å²) >= 11 is 0. The lowest BCUT2D eigenvalue weighted by molar-refractivity contribution is 0.124. The fraction of sp³-hybridized carbons (Fsp3) is 0.700. The van der Waals surface area contributed by atoms with Crippen LogP contribution < -0.4 is 0 Å². The van der Waals surface area contributed by atoms with Gasteiger partial charge in [0.05, 0.1) is 12.0 Å². The molecule has 1 aliphatic carbocycles. The van der Waals surface area contributed by atoms with Crippen LogP contribution in [-0.2, 0) is 12.6 Å². The van der Waals surface area contributed by atoms with Crippen molar-refractivity contribution in [2.75, 3.05) is 0 Å². The van der Waals surface area contributed by atoms with E-state index in [0.717, 1.165) is 25.0 Å². The lowest BCUT2D eigenvalue weighted by Crippen LogP contribution is -2.09. The molecule has 3 nitrogen and oxygen atoms in total. The van der Waals surface area contributed by atoms with Gasteiger partial charge in [-0.05, 0) is 18.8 Å². The SMILES string of the molecule is CCCC1CC1(O)c1cn(C)cn1. The minimum atomic E-state index is -0.600. The van der Waals surface area contributed by atoms with Crippen molar-refractivity contribution in [3.05, 3.63) is 18.2 Å². The smallest absolute Gasteiger partial charge is 0.111 e. The van der Waals surface area contributed by atoms with E-state index in [1.165, 1.54) is 0 Å². The zero-order valence-corrected chi connectivity index (χ0v) is 8.20. The summed E-state index contributed by atoms with van der Waals surface area (Å²) in [6.07, 6.45) is 6.79. The molecule has 1 N–H and O–H groups in total. The molecule has 1 aromatic rings. The van der Waals surface area contributed by atoms with Crippen molar-refractivity contribution in [1.82, 2.24) is 9.55 Å². The van der Waals surface area contributed by atoms with Crippen LogP contribution in [0.1, 0.15) is 31.9 Å². The normalized spacial score (nSPS) is 32.1. The second kappa shape index (κ2) is 2.84. The van der Waals surface area contributed by atoms with Gasteiger partial charge in [0.2, 0.25) is 0 Å². The maximum atomic E-state index is 10.1. The number of nitrogens with zero attached hydrogens (tertiary/aromatic N) is 2. The summed E-state index contributed by atoms with van der Waals surface area (Å²) in [5.41, 5.74) is 0.241. The van der Waals surface area contributed by atoms with E-state index in [-0.39, 0.29) is 0 Å². The molecule has 1 aromatic heterocycles. The number of imidazole rings is 1. The third-order valence-electron chi connectivity index (χ3n) is 2.86. The summed E-state index contributed by atoms with van der Waals surface area (Å²) in [4.78, 5) is 4.19. The van der Waals surface area contributed by atoms with Gasteiger partial charge >= 0.3 is 0 Å². The van der Waals surface area contributed by atoms with Crippen molar-refractivity contribution < 1.29 is 5.11 Å². The van der Waals surface area contributed by atoms with E-state index in [1.807, 2.05) is 17.8 Å². The molecule has 0 bridgehead atoms. The van der Waals surface area contributed by atoms with Crippen LogP contribution in [0.25, 0.3) is 0 Å². The average Bonchev–Trinajstić information content (AvgIpc) is 2.57. The van der Waals surface area contributed by atoms with E-state index in [9.17, 15) is 5.11 Å². The van der Waals surface area contributed by atoms with Gasteiger partial charge in [-0.15, -0.1) is 0 Å². The first kappa shape index (κ1) is 8.75. The Morgan fingerprint density at radius 1 is 1.77 bits per heavy atom. The summed E-state index contributed by atoms with van der Waals surface area (Å²) < 4.78 is 1.88. The zero-order valence-electron chi connectivity index (χ0n) is 8.20. The van der Waals surface area contributed by atoms with Crippen molar-refractivity contribution >= 4 is 0 Å². The van der Waals surface area contributed by atoms with Crippen LogP contribution in [-0.4, -0.2) is 14.7 Å². The van der Waals surface area contributed by atoms with Gasteiger partial charge in [-0.2, -0.15) is 0 Å². The Morgan fingerprint density at radius 2 is 2.54 bits per heavy atom. The number of hydrogen-bond donors (Lipinski definition) is 1. The van der Waals surface area contributed by atoms with Crippen LogP contribution >= 0.6 is 0 Å².